The second-order valence-corrected chi connectivity index (χ2v) is 6.69. The molecule has 0 aliphatic carbocycles. The van der Waals surface area contributed by atoms with Gasteiger partial charge in [-0.25, -0.2) is 9.97 Å². The van der Waals surface area contributed by atoms with Gasteiger partial charge in [0.1, 0.15) is 17.6 Å². The molecule has 0 saturated carbocycles. The van der Waals surface area contributed by atoms with Gasteiger partial charge < -0.3 is 9.64 Å². The Kier molecular flexibility index (Phi) is 4.31. The fourth-order valence-corrected chi connectivity index (χ4v) is 4.10. The van der Waals surface area contributed by atoms with Gasteiger partial charge in [0.25, 0.3) is 0 Å². The van der Waals surface area contributed by atoms with Gasteiger partial charge in [-0.15, -0.1) is 0 Å². The molecule has 5 heteroatoms. The van der Waals surface area contributed by atoms with E-state index >= 15 is 0 Å². The zero-order chi connectivity index (χ0) is 15.6. The van der Waals surface area contributed by atoms with Gasteiger partial charge in [0.2, 0.25) is 0 Å². The predicted molar refractivity (Wildman–Crippen MR) is 90.3 cm³/mol. The summed E-state index contributed by atoms with van der Waals surface area (Å²) >= 11 is 0. The highest BCUT2D eigenvalue weighted by molar-refractivity contribution is 5.71. The van der Waals surface area contributed by atoms with Crippen molar-refractivity contribution < 1.29 is 4.74 Å². The maximum atomic E-state index is 6.06. The molecule has 2 unspecified atom stereocenters. The van der Waals surface area contributed by atoms with Crippen LogP contribution in [-0.4, -0.2) is 45.2 Å². The van der Waals surface area contributed by atoms with Crippen molar-refractivity contribution >= 4 is 11.2 Å². The first-order valence-corrected chi connectivity index (χ1v) is 9.04. The Morgan fingerprint density at radius 3 is 3.04 bits per heavy atom. The largest absolute Gasteiger partial charge is 0.358 e. The molecule has 0 spiro atoms. The summed E-state index contributed by atoms with van der Waals surface area (Å²) in [4.78, 5) is 12.1. The second-order valence-electron chi connectivity index (χ2n) is 6.69. The number of likely N-dealkylation sites (tertiary alicyclic amines) is 1. The van der Waals surface area contributed by atoms with Crippen LogP contribution in [0.5, 0.6) is 0 Å². The van der Waals surface area contributed by atoms with Gasteiger partial charge in [-0.3, -0.25) is 4.57 Å². The zero-order valence-electron chi connectivity index (χ0n) is 13.9. The third-order valence-electron chi connectivity index (χ3n) is 5.29. The van der Waals surface area contributed by atoms with E-state index in [1.165, 1.54) is 25.8 Å². The summed E-state index contributed by atoms with van der Waals surface area (Å²) in [5, 5.41) is 0. The Labute approximate surface area is 137 Å². The van der Waals surface area contributed by atoms with E-state index in [9.17, 15) is 0 Å². The van der Waals surface area contributed by atoms with Crippen molar-refractivity contribution in [2.45, 2.75) is 57.7 Å². The number of ether oxygens (including phenoxy) is 1. The van der Waals surface area contributed by atoms with Gasteiger partial charge in [0.15, 0.2) is 5.65 Å². The van der Waals surface area contributed by atoms with E-state index < -0.39 is 0 Å². The average molecular weight is 314 g/mol. The standard InChI is InChI=1S/C18H26N4O/c1-2-21-11-6-7-14(21)13-16-20-15-8-5-10-19-18(15)22(16)17-9-3-4-12-23-17/h5,8,10,14,17H,2-4,6-7,9,11-13H2,1H3. The van der Waals surface area contributed by atoms with Crippen molar-refractivity contribution in [3.8, 4) is 0 Å². The van der Waals surface area contributed by atoms with Crippen LogP contribution >= 0.6 is 0 Å². The molecule has 2 saturated heterocycles. The highest BCUT2D eigenvalue weighted by atomic mass is 16.5. The summed E-state index contributed by atoms with van der Waals surface area (Å²) in [6, 6.07) is 4.65. The second kappa shape index (κ2) is 6.57. The lowest BCUT2D eigenvalue weighted by molar-refractivity contribution is -0.0316. The molecule has 23 heavy (non-hydrogen) atoms. The van der Waals surface area contributed by atoms with Crippen LogP contribution in [0.25, 0.3) is 11.2 Å². The number of hydrogen-bond donors (Lipinski definition) is 0. The molecule has 0 bridgehead atoms. The normalized spacial score (nSPS) is 26.1. The molecule has 2 aromatic rings. The molecule has 5 nitrogen and oxygen atoms in total. The summed E-state index contributed by atoms with van der Waals surface area (Å²) in [5.74, 6) is 1.15. The van der Waals surface area contributed by atoms with Crippen molar-refractivity contribution in [1.29, 1.82) is 0 Å². The van der Waals surface area contributed by atoms with E-state index in [0.29, 0.717) is 6.04 Å². The average Bonchev–Trinajstić information content (AvgIpc) is 3.19. The minimum Gasteiger partial charge on any atom is -0.358 e. The number of imidazole rings is 1. The molecule has 4 rings (SSSR count). The van der Waals surface area contributed by atoms with Crippen LogP contribution in [-0.2, 0) is 11.2 Å². The van der Waals surface area contributed by atoms with Crippen LogP contribution in [0.1, 0.15) is 51.1 Å². The van der Waals surface area contributed by atoms with E-state index in [0.717, 1.165) is 49.4 Å². The van der Waals surface area contributed by atoms with E-state index in [4.69, 9.17) is 9.72 Å². The molecule has 2 aromatic heterocycles. The van der Waals surface area contributed by atoms with Crippen molar-refractivity contribution in [1.82, 2.24) is 19.4 Å². The van der Waals surface area contributed by atoms with Crippen molar-refractivity contribution in [3.63, 3.8) is 0 Å². The summed E-state index contributed by atoms with van der Waals surface area (Å²) < 4.78 is 8.34. The highest BCUT2D eigenvalue weighted by Gasteiger charge is 2.28. The van der Waals surface area contributed by atoms with Crippen LogP contribution in [0, 0.1) is 0 Å². The van der Waals surface area contributed by atoms with Gasteiger partial charge in [-0.1, -0.05) is 6.92 Å². The lowest BCUT2D eigenvalue weighted by Crippen LogP contribution is -2.32. The van der Waals surface area contributed by atoms with Crippen LogP contribution in [0.3, 0.4) is 0 Å². The van der Waals surface area contributed by atoms with Crippen LogP contribution < -0.4 is 0 Å². The molecule has 0 N–H and O–H groups in total. The lowest BCUT2D eigenvalue weighted by Gasteiger charge is -2.27. The monoisotopic (exact) mass is 314 g/mol. The minimum absolute atomic E-state index is 0.107. The first kappa shape index (κ1) is 15.1. The Bertz CT molecular complexity index is 662. The topological polar surface area (TPSA) is 43.2 Å². The Morgan fingerprint density at radius 1 is 1.26 bits per heavy atom. The third-order valence-corrected chi connectivity index (χ3v) is 5.29. The number of hydrogen-bond acceptors (Lipinski definition) is 4. The van der Waals surface area contributed by atoms with Crippen molar-refractivity contribution in [2.75, 3.05) is 19.7 Å². The molecule has 2 fully saturated rings. The summed E-state index contributed by atoms with van der Waals surface area (Å²) in [7, 11) is 0. The molecule has 0 radical (unpaired) electrons. The fraction of sp³-hybridized carbons (Fsp3) is 0.667. The van der Waals surface area contributed by atoms with Crippen LogP contribution in [0.15, 0.2) is 18.3 Å². The first-order chi connectivity index (χ1) is 11.4. The Morgan fingerprint density at radius 2 is 2.22 bits per heavy atom. The van der Waals surface area contributed by atoms with Crippen LogP contribution in [0.4, 0.5) is 0 Å². The van der Waals surface area contributed by atoms with Crippen molar-refractivity contribution in [3.05, 3.63) is 24.2 Å². The van der Waals surface area contributed by atoms with Gasteiger partial charge in [-0.05, 0) is 57.3 Å². The third kappa shape index (κ3) is 2.88. The number of fused-ring (bicyclic) bond motifs is 1. The smallest absolute Gasteiger partial charge is 0.162 e. The number of likely N-dealkylation sites (N-methyl/N-ethyl adjacent to an activating group) is 1. The Balaban J connectivity index is 1.69. The van der Waals surface area contributed by atoms with Gasteiger partial charge >= 0.3 is 0 Å². The predicted octanol–water partition coefficient (Wildman–Crippen LogP) is 3.16. The summed E-state index contributed by atoms with van der Waals surface area (Å²) in [6.45, 7) is 5.46. The number of pyridine rings is 1. The molecule has 2 atom stereocenters. The minimum atomic E-state index is 0.107. The van der Waals surface area contributed by atoms with E-state index in [1.54, 1.807) is 0 Å². The molecule has 2 aliphatic rings. The molecular formula is C18H26N4O. The maximum Gasteiger partial charge on any atom is 0.162 e. The molecule has 0 aromatic carbocycles. The van der Waals surface area contributed by atoms with Gasteiger partial charge in [-0.2, -0.15) is 0 Å². The highest BCUT2D eigenvalue weighted by Crippen LogP contribution is 2.30. The molecule has 0 amide bonds. The van der Waals surface area contributed by atoms with E-state index in [1.807, 2.05) is 12.3 Å². The van der Waals surface area contributed by atoms with E-state index in [2.05, 4.69) is 27.4 Å². The van der Waals surface area contributed by atoms with Crippen LogP contribution in [0.2, 0.25) is 0 Å². The molecule has 2 aliphatic heterocycles. The number of rotatable bonds is 4. The Hall–Kier alpha value is -1.46. The quantitative estimate of drug-likeness (QED) is 0.869. The number of aromatic nitrogens is 3. The summed E-state index contributed by atoms with van der Waals surface area (Å²) in [5.41, 5.74) is 1.98. The van der Waals surface area contributed by atoms with Crippen molar-refractivity contribution in [2.24, 2.45) is 0 Å². The van der Waals surface area contributed by atoms with Gasteiger partial charge in [0.05, 0.1) is 0 Å². The first-order valence-electron chi connectivity index (χ1n) is 9.04. The lowest BCUT2D eigenvalue weighted by atomic mass is 10.1. The van der Waals surface area contributed by atoms with Gasteiger partial charge in [0, 0.05) is 25.3 Å². The molecular weight excluding hydrogens is 288 g/mol. The zero-order valence-corrected chi connectivity index (χ0v) is 13.9. The molecule has 124 valence electrons. The summed E-state index contributed by atoms with van der Waals surface area (Å²) in [6.07, 6.45) is 9.00. The molecule has 4 heterocycles. The fourth-order valence-electron chi connectivity index (χ4n) is 4.10. The van der Waals surface area contributed by atoms with E-state index in [-0.39, 0.29) is 6.23 Å². The maximum absolute atomic E-state index is 6.06. The SMILES string of the molecule is CCN1CCCC1Cc1nc2cccnc2n1C1CCCCO1. The number of nitrogens with zero attached hydrogens (tertiary/aromatic N) is 4.